The molecule has 15 N–H and O–H groups in total. The minimum absolute atomic E-state index is 0.131. The van der Waals surface area contributed by atoms with E-state index in [-0.39, 0.29) is 25.7 Å². The minimum Gasteiger partial charge on any atom is -0.481 e. The number of carboxylic acid groups (broad SMARTS) is 4. The Kier molecular flexibility index (Phi) is 81.2. The van der Waals surface area contributed by atoms with Crippen LogP contribution in [0.2, 0.25) is 0 Å². The molecule has 19 heteroatoms. The maximum atomic E-state index is 10.4. The molecule has 0 aromatic rings. The van der Waals surface area contributed by atoms with Crippen LogP contribution in [0.15, 0.2) is 243 Å². The van der Waals surface area contributed by atoms with Gasteiger partial charge in [0.2, 0.25) is 0 Å². The molecule has 19 nitrogen and oxygen atoms in total. The van der Waals surface area contributed by atoms with Gasteiger partial charge < -0.3 is 76.6 Å². The van der Waals surface area contributed by atoms with E-state index >= 15 is 0 Å². The molecule has 0 aliphatic carbocycles. The summed E-state index contributed by atoms with van der Waals surface area (Å²) in [5, 5.41) is 141. The largest absolute Gasteiger partial charge is 0.481 e. The Morgan fingerprint density at radius 1 is 0.243 bits per heavy atom. The van der Waals surface area contributed by atoms with Gasteiger partial charge in [-0.25, -0.2) is 0 Å². The van der Waals surface area contributed by atoms with E-state index in [4.69, 9.17) is 20.4 Å². The molecule has 0 fully saturated rings. The van der Waals surface area contributed by atoms with E-state index in [2.05, 4.69) is 57.2 Å². The number of aliphatic carboxylic acids is 4. The molecular formula is C88H136O19. The maximum absolute atomic E-state index is 10.4. The van der Waals surface area contributed by atoms with Crippen molar-refractivity contribution in [3.8, 4) is 0 Å². The highest BCUT2D eigenvalue weighted by Gasteiger charge is 2.13. The third kappa shape index (κ3) is 90.6. The summed E-state index contributed by atoms with van der Waals surface area (Å²) in [4.78, 5) is 41.5. The van der Waals surface area contributed by atoms with E-state index in [1.165, 1.54) is 18.2 Å². The molecule has 0 bridgehead atoms. The Balaban J connectivity index is -0.000000661. The molecule has 0 radical (unpaired) electrons. The van der Waals surface area contributed by atoms with Crippen LogP contribution in [-0.4, -0.2) is 168 Å². The van der Waals surface area contributed by atoms with E-state index in [0.29, 0.717) is 83.5 Å². The molecule has 602 valence electrons. The molecular weight excluding hydrogens is 1360 g/mol. The fourth-order valence-electron chi connectivity index (χ4n) is 8.66. The third-order valence-corrected chi connectivity index (χ3v) is 14.8. The summed E-state index contributed by atoms with van der Waals surface area (Å²) in [6.45, 7) is 8.17. The number of unbranched alkanes of at least 4 members (excludes halogenated alkanes) is 8. The fourth-order valence-corrected chi connectivity index (χ4v) is 8.66. The van der Waals surface area contributed by atoms with Crippen LogP contribution in [-0.2, 0) is 19.2 Å². The normalized spacial score (nSPS) is 16.0. The number of carboxylic acids is 4. The van der Waals surface area contributed by atoms with Gasteiger partial charge in [0.15, 0.2) is 0 Å². The standard InChI is InChI=1S/3C22H34O5.C22H34O4/c1-2-19(23)13-7-3-4-8-14-20(24)15-9-5-10-16-21(25)17-11-6-12-18-22(26)27;1-2-3-4-5-6-7-10-16-20(24)21(25)17-13-12-15-19(23)14-9-8-11-18-22(26)27;1-2-3-4-5-6-7-9-14-19(23)15-12-13-17-21(25)20(24)16-10-8-11-18-22(26)27;1-2-3-4-5-6-7-10-15-20(23)16-11-8-12-17-21(24)18-13-9-14-19-22(25)26/h3-5,7-10,13-14,16,19-21,23-25H,2,6,11-12,15,17-18H2,1H3,(H,26,27);3-4,6-7,10,12-13,15-17,19-21,23-25H,2,5,8-9,11,14,18H2,1H3,(H,26,27);3-4,6-7,9,12-15,17,19-21,23-25H,2,5,8,10-11,16,18H2,1H3,(H,26,27);3-4,6-8,10-12,15,17,20-21,23-24H,2,5,9,13-14,16,18-19H2,1H3,(H,25,26)/b4-3-,9-5-,13-7+,14-8+,16-10+;4-3-,7-6-,15-12-,16-10+,17-13+;4-3-,7-6-,14-9+,15-12+,17-13+;4-3-,7-6-,11-8-,15-10+,17-12+. The van der Waals surface area contributed by atoms with Crippen molar-refractivity contribution >= 4 is 23.9 Å². The summed E-state index contributed by atoms with van der Waals surface area (Å²) in [7, 11) is 0. The van der Waals surface area contributed by atoms with Crippen molar-refractivity contribution in [3.05, 3.63) is 243 Å². The first-order valence-corrected chi connectivity index (χ1v) is 38.1. The molecule has 0 rings (SSSR count). The fraction of sp³-hybridized carbons (Fsp3) is 0.500. The zero-order valence-corrected chi connectivity index (χ0v) is 64.3. The predicted octanol–water partition coefficient (Wildman–Crippen LogP) is 15.8. The Morgan fingerprint density at radius 2 is 0.505 bits per heavy atom. The summed E-state index contributed by atoms with van der Waals surface area (Å²) in [5.74, 6) is -3.16. The average Bonchev–Trinajstić information content (AvgIpc) is 1.28. The second-order valence-electron chi connectivity index (χ2n) is 24.9. The molecule has 0 amide bonds. The molecule has 0 saturated heterocycles. The van der Waals surface area contributed by atoms with Gasteiger partial charge in [0, 0.05) is 25.7 Å². The van der Waals surface area contributed by atoms with Crippen LogP contribution in [0, 0.1) is 0 Å². The van der Waals surface area contributed by atoms with Crippen LogP contribution in [0.1, 0.15) is 214 Å². The van der Waals surface area contributed by atoms with Gasteiger partial charge in [-0.3, -0.25) is 19.2 Å². The second-order valence-corrected chi connectivity index (χ2v) is 24.9. The number of hydrogen-bond donors (Lipinski definition) is 15. The third-order valence-electron chi connectivity index (χ3n) is 14.8. The summed E-state index contributed by atoms with van der Waals surface area (Å²) >= 11 is 0. The average molecular weight is 1500 g/mol. The van der Waals surface area contributed by atoms with Gasteiger partial charge in [0.1, 0.15) is 12.2 Å². The van der Waals surface area contributed by atoms with Crippen LogP contribution >= 0.6 is 0 Å². The van der Waals surface area contributed by atoms with Gasteiger partial charge in [-0.2, -0.15) is 0 Å². The molecule has 0 heterocycles. The molecule has 107 heavy (non-hydrogen) atoms. The molecule has 0 aliphatic heterocycles. The second kappa shape index (κ2) is 82.3. The van der Waals surface area contributed by atoms with Gasteiger partial charge in [0.05, 0.1) is 54.9 Å². The van der Waals surface area contributed by atoms with Crippen LogP contribution in [0.5, 0.6) is 0 Å². The Morgan fingerprint density at radius 3 is 0.841 bits per heavy atom. The van der Waals surface area contributed by atoms with Crippen molar-refractivity contribution in [2.45, 2.75) is 281 Å². The van der Waals surface area contributed by atoms with Gasteiger partial charge >= 0.3 is 23.9 Å². The lowest BCUT2D eigenvalue weighted by atomic mass is 10.0. The molecule has 0 aliphatic rings. The van der Waals surface area contributed by atoms with Gasteiger partial charge in [-0.1, -0.05) is 322 Å². The molecule has 11 unspecified atom stereocenters. The Labute approximate surface area is 640 Å². The lowest BCUT2D eigenvalue weighted by Crippen LogP contribution is -2.23. The monoisotopic (exact) mass is 1500 g/mol. The summed E-state index contributed by atoms with van der Waals surface area (Å²) < 4.78 is 0. The number of hydrogen-bond acceptors (Lipinski definition) is 15. The highest BCUT2D eigenvalue weighted by atomic mass is 16.4. The van der Waals surface area contributed by atoms with Gasteiger partial charge in [-0.15, -0.1) is 0 Å². The molecule has 0 aromatic heterocycles. The van der Waals surface area contributed by atoms with Crippen molar-refractivity contribution in [2.24, 2.45) is 0 Å². The zero-order valence-electron chi connectivity index (χ0n) is 64.3. The topological polar surface area (TPSA) is 372 Å². The first-order valence-electron chi connectivity index (χ1n) is 38.1. The van der Waals surface area contributed by atoms with E-state index in [9.17, 15) is 75.3 Å². The van der Waals surface area contributed by atoms with Crippen LogP contribution in [0.4, 0.5) is 0 Å². The highest BCUT2D eigenvalue weighted by Crippen LogP contribution is 2.13. The van der Waals surface area contributed by atoms with Crippen molar-refractivity contribution in [1.29, 1.82) is 0 Å². The summed E-state index contributed by atoms with van der Waals surface area (Å²) in [5.41, 5.74) is 0. The lowest BCUT2D eigenvalue weighted by Gasteiger charge is -2.13. The lowest BCUT2D eigenvalue weighted by molar-refractivity contribution is -0.138. The number of carbonyl (C=O) groups is 4. The highest BCUT2D eigenvalue weighted by molar-refractivity contribution is 5.67. The Hall–Kier alpha value is -7.76. The van der Waals surface area contributed by atoms with E-state index < -0.39 is 91.0 Å². The molecule has 11 atom stereocenters. The van der Waals surface area contributed by atoms with Gasteiger partial charge in [-0.05, 0) is 109 Å². The first-order chi connectivity index (χ1) is 51.4. The zero-order chi connectivity index (χ0) is 80.5. The smallest absolute Gasteiger partial charge is 0.303 e. The van der Waals surface area contributed by atoms with Crippen molar-refractivity contribution in [1.82, 2.24) is 0 Å². The van der Waals surface area contributed by atoms with Crippen LogP contribution in [0.25, 0.3) is 0 Å². The quantitative estimate of drug-likeness (QED) is 0.0153. The molecule has 0 aromatic carbocycles. The minimum atomic E-state index is -1.02. The molecule has 0 saturated carbocycles. The van der Waals surface area contributed by atoms with Gasteiger partial charge in [0.25, 0.3) is 0 Å². The van der Waals surface area contributed by atoms with Crippen LogP contribution in [0.3, 0.4) is 0 Å². The number of rotatable bonds is 60. The Bertz CT molecular complexity index is 2780. The van der Waals surface area contributed by atoms with E-state index in [0.717, 1.165) is 77.0 Å². The van der Waals surface area contributed by atoms with Crippen LogP contribution < -0.4 is 0 Å². The van der Waals surface area contributed by atoms with E-state index in [1.807, 2.05) is 67.7 Å². The molecule has 0 spiro atoms. The van der Waals surface area contributed by atoms with E-state index in [1.54, 1.807) is 128 Å². The predicted molar refractivity (Wildman–Crippen MR) is 436 cm³/mol. The maximum Gasteiger partial charge on any atom is 0.303 e. The number of aliphatic hydroxyl groups excluding tert-OH is 11. The first kappa shape index (κ1) is 106. The summed E-state index contributed by atoms with van der Waals surface area (Å²) in [6, 6.07) is 0. The SMILES string of the molecule is CC/C=C\C/C=C\C=C\C(O)/C=C/C=C/C(O)C(O)CCCCCC(=O)O.CC/C=C\C/C=C\C=C\C(O)C(O)/C=C/C=C\C(O)CCCCCC(=O)O.CC/C=C\C/C=C\C=C\C(O)C/C=C\C=C\C(O)CCCCCC(=O)O.CCC(O)/C=C/C=C\C=C\C(O)C/C=C\C=C\C(O)CCCCCC(=O)O. The van der Waals surface area contributed by atoms with Crippen molar-refractivity contribution < 1.29 is 95.8 Å². The summed E-state index contributed by atoms with van der Waals surface area (Å²) in [6.07, 6.45) is 82.8. The number of aliphatic hydroxyl groups is 11. The number of allylic oxidation sites excluding steroid dienone is 27. The van der Waals surface area contributed by atoms with Crippen molar-refractivity contribution in [2.75, 3.05) is 0 Å². The van der Waals surface area contributed by atoms with Crippen molar-refractivity contribution in [3.63, 3.8) is 0 Å².